The lowest BCUT2D eigenvalue weighted by Gasteiger charge is -2.18. The van der Waals surface area contributed by atoms with Crippen molar-refractivity contribution in [2.75, 3.05) is 6.61 Å². The average molecular weight is 226 g/mol. The first-order chi connectivity index (χ1) is 7.75. The second-order valence-electron chi connectivity index (χ2n) is 3.78. The molecule has 88 valence electrons. The van der Waals surface area contributed by atoms with Gasteiger partial charge in [0, 0.05) is 13.0 Å². The van der Waals surface area contributed by atoms with Crippen LogP contribution in [0.15, 0.2) is 4.42 Å². The number of hydrogen-bond donors (Lipinski definition) is 1. The quantitative estimate of drug-likeness (QED) is 0.833. The zero-order chi connectivity index (χ0) is 11.4. The van der Waals surface area contributed by atoms with Crippen LogP contribution in [0.3, 0.4) is 0 Å². The van der Waals surface area contributed by atoms with Crippen molar-refractivity contribution in [2.24, 2.45) is 0 Å². The number of carbonyl (C=O) groups is 1. The van der Waals surface area contributed by atoms with E-state index in [4.69, 9.17) is 14.3 Å². The van der Waals surface area contributed by atoms with E-state index in [1.165, 1.54) is 0 Å². The molecule has 1 saturated heterocycles. The molecule has 1 N–H and O–H groups in total. The van der Waals surface area contributed by atoms with Crippen molar-refractivity contribution in [1.29, 1.82) is 0 Å². The van der Waals surface area contributed by atoms with Gasteiger partial charge >= 0.3 is 5.97 Å². The van der Waals surface area contributed by atoms with Crippen LogP contribution in [0.4, 0.5) is 0 Å². The molecule has 1 aliphatic rings. The first-order valence-corrected chi connectivity index (χ1v) is 5.41. The molecule has 1 aliphatic heterocycles. The Morgan fingerprint density at radius 1 is 1.44 bits per heavy atom. The van der Waals surface area contributed by atoms with Crippen molar-refractivity contribution in [3.05, 3.63) is 11.8 Å². The maximum Gasteiger partial charge on any atom is 0.303 e. The van der Waals surface area contributed by atoms with Crippen LogP contribution >= 0.6 is 0 Å². The summed E-state index contributed by atoms with van der Waals surface area (Å²) >= 11 is 0. The number of rotatable bonds is 4. The van der Waals surface area contributed by atoms with Crippen LogP contribution in [0.25, 0.3) is 0 Å². The summed E-state index contributed by atoms with van der Waals surface area (Å²) in [6.45, 7) is 0.720. The molecular formula is C10H14N2O4. The van der Waals surface area contributed by atoms with Gasteiger partial charge in [-0.15, -0.1) is 10.2 Å². The van der Waals surface area contributed by atoms with Gasteiger partial charge in [-0.1, -0.05) is 0 Å². The molecule has 1 atom stereocenters. The van der Waals surface area contributed by atoms with Crippen LogP contribution in [-0.4, -0.2) is 27.9 Å². The molecule has 0 spiro atoms. The summed E-state index contributed by atoms with van der Waals surface area (Å²) < 4.78 is 10.9. The summed E-state index contributed by atoms with van der Waals surface area (Å²) in [5, 5.41) is 16.2. The third kappa shape index (κ3) is 2.79. The Balaban J connectivity index is 1.93. The summed E-state index contributed by atoms with van der Waals surface area (Å²) in [6.07, 6.45) is 3.22. The minimum absolute atomic E-state index is 0.00710. The second-order valence-corrected chi connectivity index (χ2v) is 3.78. The van der Waals surface area contributed by atoms with Crippen LogP contribution in [0.5, 0.6) is 0 Å². The van der Waals surface area contributed by atoms with Gasteiger partial charge in [0.1, 0.15) is 6.10 Å². The molecule has 16 heavy (non-hydrogen) atoms. The number of aromatic nitrogens is 2. The second kappa shape index (κ2) is 5.07. The standard InChI is InChI=1S/C10H14N2O4/c13-9(14)5-4-8-11-12-10(16-8)7-3-1-2-6-15-7/h7H,1-6H2,(H,13,14). The van der Waals surface area contributed by atoms with Crippen LogP contribution in [-0.2, 0) is 16.0 Å². The van der Waals surface area contributed by atoms with Gasteiger partial charge in [-0.25, -0.2) is 0 Å². The average Bonchev–Trinajstić information content (AvgIpc) is 2.76. The molecule has 6 nitrogen and oxygen atoms in total. The number of hydrogen-bond acceptors (Lipinski definition) is 5. The number of aryl methyl sites for hydroxylation is 1. The van der Waals surface area contributed by atoms with E-state index in [-0.39, 0.29) is 18.9 Å². The fraction of sp³-hybridized carbons (Fsp3) is 0.700. The van der Waals surface area contributed by atoms with E-state index in [0.29, 0.717) is 11.8 Å². The third-order valence-corrected chi connectivity index (χ3v) is 2.49. The van der Waals surface area contributed by atoms with E-state index in [2.05, 4.69) is 10.2 Å². The van der Waals surface area contributed by atoms with Gasteiger partial charge in [-0.3, -0.25) is 4.79 Å². The Morgan fingerprint density at radius 2 is 2.31 bits per heavy atom. The highest BCUT2D eigenvalue weighted by Crippen LogP contribution is 2.26. The monoisotopic (exact) mass is 226 g/mol. The highest BCUT2D eigenvalue weighted by Gasteiger charge is 2.22. The number of nitrogens with zero attached hydrogens (tertiary/aromatic N) is 2. The molecule has 0 amide bonds. The molecule has 1 unspecified atom stereocenters. The Morgan fingerprint density at radius 3 is 3.00 bits per heavy atom. The van der Waals surface area contributed by atoms with E-state index < -0.39 is 5.97 Å². The zero-order valence-corrected chi connectivity index (χ0v) is 8.89. The Labute approximate surface area is 92.6 Å². The zero-order valence-electron chi connectivity index (χ0n) is 8.89. The number of ether oxygens (including phenoxy) is 1. The molecule has 2 rings (SSSR count). The van der Waals surface area contributed by atoms with Gasteiger partial charge in [0.25, 0.3) is 0 Å². The van der Waals surface area contributed by atoms with Gasteiger partial charge in [0.2, 0.25) is 11.8 Å². The molecule has 0 radical (unpaired) electrons. The number of aliphatic carboxylic acids is 1. The van der Waals surface area contributed by atoms with E-state index in [1.807, 2.05) is 0 Å². The first kappa shape index (κ1) is 11.1. The highest BCUT2D eigenvalue weighted by atomic mass is 16.5. The maximum absolute atomic E-state index is 10.4. The minimum atomic E-state index is -0.867. The predicted octanol–water partition coefficient (Wildman–Crippen LogP) is 1.33. The molecule has 2 heterocycles. The summed E-state index contributed by atoms with van der Waals surface area (Å²) in [5.74, 6) is -0.0275. The van der Waals surface area contributed by atoms with Gasteiger partial charge in [0.15, 0.2) is 0 Å². The summed E-state index contributed by atoms with van der Waals surface area (Å²) in [7, 11) is 0. The molecule has 6 heteroatoms. The fourth-order valence-electron chi connectivity index (χ4n) is 1.65. The summed E-state index contributed by atoms with van der Waals surface area (Å²) in [6, 6.07) is 0. The SMILES string of the molecule is O=C(O)CCc1nnc(C2CCCCO2)o1. The molecule has 1 aromatic rings. The van der Waals surface area contributed by atoms with Crippen molar-refractivity contribution in [1.82, 2.24) is 10.2 Å². The number of carboxylic acids is 1. The maximum atomic E-state index is 10.4. The van der Waals surface area contributed by atoms with Crippen LogP contribution in [0.1, 0.15) is 43.6 Å². The minimum Gasteiger partial charge on any atom is -0.481 e. The fourth-order valence-corrected chi connectivity index (χ4v) is 1.65. The van der Waals surface area contributed by atoms with Crippen molar-refractivity contribution in [3.63, 3.8) is 0 Å². The largest absolute Gasteiger partial charge is 0.481 e. The summed E-state index contributed by atoms with van der Waals surface area (Å²) in [5.41, 5.74) is 0. The van der Waals surface area contributed by atoms with E-state index in [1.54, 1.807) is 0 Å². The van der Waals surface area contributed by atoms with Crippen molar-refractivity contribution < 1.29 is 19.1 Å². The molecule has 0 bridgehead atoms. The molecule has 0 saturated carbocycles. The molecular weight excluding hydrogens is 212 g/mol. The van der Waals surface area contributed by atoms with E-state index in [0.717, 1.165) is 25.9 Å². The molecule has 0 aromatic carbocycles. The third-order valence-electron chi connectivity index (χ3n) is 2.49. The lowest BCUT2D eigenvalue weighted by molar-refractivity contribution is -0.137. The normalized spacial score (nSPS) is 20.9. The lowest BCUT2D eigenvalue weighted by Crippen LogP contribution is -2.11. The van der Waals surface area contributed by atoms with Crippen molar-refractivity contribution >= 4 is 5.97 Å². The van der Waals surface area contributed by atoms with Crippen LogP contribution in [0.2, 0.25) is 0 Å². The highest BCUT2D eigenvalue weighted by molar-refractivity contribution is 5.66. The summed E-state index contributed by atoms with van der Waals surface area (Å²) in [4.78, 5) is 10.4. The lowest BCUT2D eigenvalue weighted by atomic mass is 10.1. The number of carboxylic acid groups (broad SMARTS) is 1. The van der Waals surface area contributed by atoms with Gasteiger partial charge in [-0.2, -0.15) is 0 Å². The van der Waals surface area contributed by atoms with E-state index >= 15 is 0 Å². The first-order valence-electron chi connectivity index (χ1n) is 5.41. The predicted molar refractivity (Wildman–Crippen MR) is 52.8 cm³/mol. The van der Waals surface area contributed by atoms with Gasteiger partial charge in [0.05, 0.1) is 6.42 Å². The van der Waals surface area contributed by atoms with E-state index in [9.17, 15) is 4.79 Å². The van der Waals surface area contributed by atoms with Crippen molar-refractivity contribution in [3.8, 4) is 0 Å². The Kier molecular flexibility index (Phi) is 3.51. The topological polar surface area (TPSA) is 85.5 Å². The molecule has 1 aromatic heterocycles. The van der Waals surface area contributed by atoms with Crippen LogP contribution in [0, 0.1) is 0 Å². The van der Waals surface area contributed by atoms with Crippen molar-refractivity contribution in [2.45, 2.75) is 38.2 Å². The van der Waals surface area contributed by atoms with Crippen LogP contribution < -0.4 is 0 Å². The smallest absolute Gasteiger partial charge is 0.303 e. The Hall–Kier alpha value is -1.43. The molecule has 0 aliphatic carbocycles. The Bertz CT molecular complexity index is 357. The van der Waals surface area contributed by atoms with Gasteiger partial charge in [-0.05, 0) is 19.3 Å². The van der Waals surface area contributed by atoms with Gasteiger partial charge < -0.3 is 14.3 Å². The molecule has 1 fully saturated rings.